The van der Waals surface area contributed by atoms with Gasteiger partial charge in [0, 0.05) is 39.8 Å². The van der Waals surface area contributed by atoms with Gasteiger partial charge in [-0.25, -0.2) is 0 Å². The van der Waals surface area contributed by atoms with Gasteiger partial charge in [0.05, 0.1) is 5.71 Å². The second-order valence-corrected chi connectivity index (χ2v) is 11.2. The minimum Gasteiger partial charge on any atom is -0.303 e. The van der Waals surface area contributed by atoms with Gasteiger partial charge in [0.2, 0.25) is 0 Å². The third-order valence-electron chi connectivity index (χ3n) is 9.17. The fourth-order valence-electron chi connectivity index (χ4n) is 7.98. The van der Waals surface area contributed by atoms with E-state index in [4.69, 9.17) is 10.2 Å². The monoisotopic (exact) mass is 398 g/mol. The van der Waals surface area contributed by atoms with Crippen molar-refractivity contribution in [2.24, 2.45) is 44.7 Å². The Morgan fingerprint density at radius 2 is 1.69 bits per heavy atom. The van der Waals surface area contributed by atoms with Gasteiger partial charge in [-0.2, -0.15) is 10.2 Å². The van der Waals surface area contributed by atoms with E-state index in [0.717, 1.165) is 24.2 Å². The van der Waals surface area contributed by atoms with Crippen molar-refractivity contribution in [2.45, 2.75) is 72.1 Å². The van der Waals surface area contributed by atoms with E-state index in [1.54, 1.807) is 5.57 Å². The maximum absolute atomic E-state index is 4.83. The molecule has 4 heteroatoms. The molecule has 4 rings (SSSR count). The lowest BCUT2D eigenvalue weighted by molar-refractivity contribution is -0.0408. The summed E-state index contributed by atoms with van der Waals surface area (Å²) in [6.07, 6.45) is 13.1. The minimum atomic E-state index is 0.403. The summed E-state index contributed by atoms with van der Waals surface area (Å²) in [6.45, 7) is 7.48. The summed E-state index contributed by atoms with van der Waals surface area (Å²) in [5.74, 6) is 3.33. The van der Waals surface area contributed by atoms with Gasteiger partial charge >= 0.3 is 0 Å². The van der Waals surface area contributed by atoms with Gasteiger partial charge in [-0.1, -0.05) is 19.4 Å². The molecule has 0 spiro atoms. The Bertz CT molecular complexity index is 733. The second-order valence-electron chi connectivity index (χ2n) is 11.2. The Kier molecular flexibility index (Phi) is 5.36. The first-order chi connectivity index (χ1) is 13.6. The summed E-state index contributed by atoms with van der Waals surface area (Å²) in [5.41, 5.74) is 5.21. The SMILES string of the molecule is C/C(=N\N(C)C)C1CCC2C3CCC4=C/C(=N\N(C)C)CCC4(C)C3CCC12C. The molecule has 0 bridgehead atoms. The van der Waals surface area contributed by atoms with E-state index in [1.165, 1.54) is 56.4 Å². The Hall–Kier alpha value is -1.32. The van der Waals surface area contributed by atoms with Crippen molar-refractivity contribution in [1.82, 2.24) is 10.0 Å². The summed E-state index contributed by atoms with van der Waals surface area (Å²) in [5, 5.41) is 13.5. The first-order valence-corrected chi connectivity index (χ1v) is 11.8. The number of nitrogens with zero attached hydrogens (tertiary/aromatic N) is 4. The van der Waals surface area contributed by atoms with E-state index in [9.17, 15) is 0 Å². The van der Waals surface area contributed by atoms with E-state index in [-0.39, 0.29) is 0 Å². The number of fused-ring (bicyclic) bond motifs is 5. The zero-order valence-corrected chi connectivity index (χ0v) is 19.8. The summed E-state index contributed by atoms with van der Waals surface area (Å²) in [6, 6.07) is 0. The molecule has 0 amide bonds. The normalized spacial score (nSPS) is 43.3. The maximum atomic E-state index is 4.83. The van der Waals surface area contributed by atoms with Crippen molar-refractivity contribution in [1.29, 1.82) is 0 Å². The summed E-state index contributed by atoms with van der Waals surface area (Å²) < 4.78 is 0. The van der Waals surface area contributed by atoms with E-state index >= 15 is 0 Å². The number of hydrazone groups is 2. The summed E-state index contributed by atoms with van der Waals surface area (Å²) >= 11 is 0. The van der Waals surface area contributed by atoms with Gasteiger partial charge in [-0.3, -0.25) is 0 Å². The smallest absolute Gasteiger partial charge is 0.0605 e. The van der Waals surface area contributed by atoms with Crippen LogP contribution in [0.1, 0.15) is 72.1 Å². The topological polar surface area (TPSA) is 31.2 Å². The molecule has 4 nitrogen and oxygen atoms in total. The van der Waals surface area contributed by atoms with E-state index in [0.29, 0.717) is 16.7 Å². The third-order valence-corrected chi connectivity index (χ3v) is 9.17. The van der Waals surface area contributed by atoms with Crippen LogP contribution in [0, 0.1) is 34.5 Å². The zero-order chi connectivity index (χ0) is 21.0. The molecule has 4 aliphatic rings. The van der Waals surface area contributed by atoms with Crippen LogP contribution in [0.5, 0.6) is 0 Å². The lowest BCUT2D eigenvalue weighted by atomic mass is 9.46. The fraction of sp³-hybridized carbons (Fsp3) is 0.840. The highest BCUT2D eigenvalue weighted by Crippen LogP contribution is 2.66. The molecule has 3 saturated carbocycles. The van der Waals surface area contributed by atoms with Gasteiger partial charge < -0.3 is 10.0 Å². The van der Waals surface area contributed by atoms with Crippen LogP contribution in [0.15, 0.2) is 21.9 Å². The molecule has 0 aromatic carbocycles. The molecule has 0 heterocycles. The Morgan fingerprint density at radius 1 is 0.931 bits per heavy atom. The molecule has 3 fully saturated rings. The molecule has 4 aliphatic carbocycles. The van der Waals surface area contributed by atoms with Crippen LogP contribution in [0.25, 0.3) is 0 Å². The summed E-state index contributed by atoms with van der Waals surface area (Å²) in [7, 11) is 8.19. The molecule has 162 valence electrons. The lowest BCUT2D eigenvalue weighted by Gasteiger charge is -2.58. The lowest BCUT2D eigenvalue weighted by Crippen LogP contribution is -2.51. The highest BCUT2D eigenvalue weighted by molar-refractivity contribution is 5.96. The Balaban J connectivity index is 1.59. The van der Waals surface area contributed by atoms with Crippen molar-refractivity contribution >= 4 is 11.4 Å². The number of allylic oxidation sites excluding steroid dienone is 2. The molecule has 29 heavy (non-hydrogen) atoms. The van der Waals surface area contributed by atoms with Crippen LogP contribution in [0.2, 0.25) is 0 Å². The van der Waals surface area contributed by atoms with Crippen LogP contribution in [0.4, 0.5) is 0 Å². The first-order valence-electron chi connectivity index (χ1n) is 11.8. The van der Waals surface area contributed by atoms with Crippen molar-refractivity contribution in [3.05, 3.63) is 11.6 Å². The van der Waals surface area contributed by atoms with Crippen LogP contribution in [-0.2, 0) is 0 Å². The molecule has 0 aromatic rings. The molecule has 6 atom stereocenters. The molecule has 0 radical (unpaired) electrons. The molecule has 0 saturated heterocycles. The average molecular weight is 399 g/mol. The van der Waals surface area contributed by atoms with Gasteiger partial charge in [0.15, 0.2) is 0 Å². The number of hydrogen-bond acceptors (Lipinski definition) is 4. The molecule has 0 aromatic heterocycles. The van der Waals surface area contributed by atoms with Crippen LogP contribution < -0.4 is 0 Å². The third kappa shape index (κ3) is 3.45. The van der Waals surface area contributed by atoms with Gasteiger partial charge in [-0.05, 0) is 93.0 Å². The molecular weight excluding hydrogens is 356 g/mol. The van der Waals surface area contributed by atoms with Crippen molar-refractivity contribution in [3.8, 4) is 0 Å². The highest BCUT2D eigenvalue weighted by atomic mass is 15.4. The molecule has 6 unspecified atom stereocenters. The zero-order valence-electron chi connectivity index (χ0n) is 19.8. The van der Waals surface area contributed by atoms with Gasteiger partial charge in [-0.15, -0.1) is 0 Å². The van der Waals surface area contributed by atoms with Crippen molar-refractivity contribution in [3.63, 3.8) is 0 Å². The van der Waals surface area contributed by atoms with Crippen molar-refractivity contribution < 1.29 is 0 Å². The van der Waals surface area contributed by atoms with Gasteiger partial charge in [0.1, 0.15) is 0 Å². The fourth-order valence-corrected chi connectivity index (χ4v) is 7.98. The Morgan fingerprint density at radius 3 is 2.38 bits per heavy atom. The van der Waals surface area contributed by atoms with E-state index in [2.05, 4.69) is 40.9 Å². The van der Waals surface area contributed by atoms with Crippen LogP contribution in [-0.4, -0.2) is 49.6 Å². The maximum Gasteiger partial charge on any atom is 0.0605 e. The molecular formula is C25H42N4. The van der Waals surface area contributed by atoms with Gasteiger partial charge in [0.25, 0.3) is 0 Å². The standard InChI is InChI=1S/C25H42N4/c1-17(26-28(4)5)21-10-11-22-20-9-8-18-16-19(27-29(6)7)12-14-24(18,2)23(20)13-15-25(21,22)3/h16,20-23H,8-15H2,1-7H3/b26-17+,27-19-. The van der Waals surface area contributed by atoms with E-state index in [1.807, 2.05) is 24.1 Å². The Labute approximate surface area is 178 Å². The first kappa shape index (κ1) is 20.9. The average Bonchev–Trinajstić information content (AvgIpc) is 2.98. The second kappa shape index (κ2) is 7.42. The number of rotatable bonds is 3. The van der Waals surface area contributed by atoms with Crippen LogP contribution >= 0.6 is 0 Å². The van der Waals surface area contributed by atoms with Crippen molar-refractivity contribution in [2.75, 3.05) is 28.2 Å². The predicted octanol–water partition coefficient (Wildman–Crippen LogP) is 5.42. The highest BCUT2D eigenvalue weighted by Gasteiger charge is 2.59. The minimum absolute atomic E-state index is 0.403. The predicted molar refractivity (Wildman–Crippen MR) is 123 cm³/mol. The largest absolute Gasteiger partial charge is 0.303 e. The molecule has 0 aliphatic heterocycles. The number of hydrogen-bond donors (Lipinski definition) is 0. The van der Waals surface area contributed by atoms with Crippen LogP contribution in [0.3, 0.4) is 0 Å². The summed E-state index contributed by atoms with van der Waals surface area (Å²) in [4.78, 5) is 0. The molecule has 0 N–H and O–H groups in total. The quantitative estimate of drug-likeness (QED) is 0.469. The van der Waals surface area contributed by atoms with E-state index < -0.39 is 0 Å².